The molecule has 2 aliphatic heterocycles. The molecule has 0 aliphatic carbocycles. The number of sulfone groups is 1. The number of benzene rings is 1. The van der Waals surface area contributed by atoms with Gasteiger partial charge in [-0.05, 0) is 36.6 Å². The standard InChI is InChI=1S/C15H16N2O5S/c1-8-5-10(23(2,21)22)6-9-7-17(15(20)13(8)9)11-3-4-12(18)16-14(11)19/h5-6,11H,3-4,7H2,1-2H3,(H,16,18,19). The van der Waals surface area contributed by atoms with Crippen LogP contribution in [0.25, 0.3) is 0 Å². The lowest BCUT2D eigenvalue weighted by atomic mass is 10.0. The van der Waals surface area contributed by atoms with Crippen LogP contribution in [0.4, 0.5) is 0 Å². The zero-order valence-corrected chi connectivity index (χ0v) is 13.6. The SMILES string of the molecule is Cc1cc(S(C)(=O)=O)cc2c1C(=O)N(C1CCC(=O)NC1=O)C2. The minimum Gasteiger partial charge on any atom is -0.322 e. The van der Waals surface area contributed by atoms with Crippen LogP contribution in [0, 0.1) is 6.92 Å². The molecule has 8 heteroatoms. The normalized spacial score (nSPS) is 21.4. The number of carbonyl (C=O) groups is 3. The molecule has 2 aliphatic rings. The van der Waals surface area contributed by atoms with Crippen molar-refractivity contribution < 1.29 is 22.8 Å². The Bertz CT molecular complexity index is 844. The van der Waals surface area contributed by atoms with Gasteiger partial charge < -0.3 is 4.90 Å². The summed E-state index contributed by atoms with van der Waals surface area (Å²) in [5, 5.41) is 2.24. The Balaban J connectivity index is 1.98. The number of imide groups is 1. The van der Waals surface area contributed by atoms with Crippen LogP contribution in [0.15, 0.2) is 17.0 Å². The molecular weight excluding hydrogens is 320 g/mol. The lowest BCUT2D eigenvalue weighted by Gasteiger charge is -2.29. The molecule has 0 spiro atoms. The third kappa shape index (κ3) is 2.63. The number of amides is 3. The minimum absolute atomic E-state index is 0.159. The molecule has 1 aromatic carbocycles. The fourth-order valence-corrected chi connectivity index (χ4v) is 3.85. The van der Waals surface area contributed by atoms with E-state index in [-0.39, 0.29) is 36.1 Å². The van der Waals surface area contributed by atoms with E-state index in [0.29, 0.717) is 16.7 Å². The Morgan fingerprint density at radius 1 is 1.22 bits per heavy atom. The molecule has 1 N–H and O–H groups in total. The molecule has 1 atom stereocenters. The summed E-state index contributed by atoms with van der Waals surface area (Å²) in [7, 11) is -3.38. The van der Waals surface area contributed by atoms with Gasteiger partial charge in [-0.3, -0.25) is 19.7 Å². The smallest absolute Gasteiger partial charge is 0.255 e. The topological polar surface area (TPSA) is 101 Å². The Hall–Kier alpha value is -2.22. The van der Waals surface area contributed by atoms with Gasteiger partial charge in [0.15, 0.2) is 9.84 Å². The van der Waals surface area contributed by atoms with Gasteiger partial charge in [0.2, 0.25) is 11.8 Å². The van der Waals surface area contributed by atoms with Crippen LogP contribution >= 0.6 is 0 Å². The van der Waals surface area contributed by atoms with Crippen molar-refractivity contribution in [1.82, 2.24) is 10.2 Å². The first-order valence-electron chi connectivity index (χ1n) is 7.16. The van der Waals surface area contributed by atoms with Crippen LogP contribution < -0.4 is 5.32 Å². The zero-order chi connectivity index (χ0) is 16.9. The highest BCUT2D eigenvalue weighted by atomic mass is 32.2. The predicted molar refractivity (Wildman–Crippen MR) is 80.3 cm³/mol. The highest BCUT2D eigenvalue weighted by molar-refractivity contribution is 7.90. The van der Waals surface area contributed by atoms with E-state index in [1.807, 2.05) is 0 Å². The summed E-state index contributed by atoms with van der Waals surface area (Å²) in [6, 6.07) is 2.26. The first-order chi connectivity index (χ1) is 10.7. The number of aryl methyl sites for hydroxylation is 1. The first-order valence-corrected chi connectivity index (χ1v) is 9.06. The van der Waals surface area contributed by atoms with Gasteiger partial charge in [0.05, 0.1) is 4.90 Å². The Morgan fingerprint density at radius 2 is 1.91 bits per heavy atom. The Kier molecular flexibility index (Phi) is 3.51. The molecule has 1 saturated heterocycles. The number of piperidine rings is 1. The van der Waals surface area contributed by atoms with E-state index in [1.54, 1.807) is 6.92 Å². The van der Waals surface area contributed by atoms with Gasteiger partial charge in [0.25, 0.3) is 5.91 Å². The number of carbonyl (C=O) groups excluding carboxylic acids is 3. The van der Waals surface area contributed by atoms with Gasteiger partial charge in [0.1, 0.15) is 6.04 Å². The summed E-state index contributed by atoms with van der Waals surface area (Å²) in [4.78, 5) is 37.4. The second-order valence-electron chi connectivity index (χ2n) is 5.95. The number of rotatable bonds is 2. The quantitative estimate of drug-likeness (QED) is 0.775. The molecule has 2 heterocycles. The molecular formula is C15H16N2O5S. The second kappa shape index (κ2) is 5.16. The number of hydrogen-bond acceptors (Lipinski definition) is 5. The maximum atomic E-state index is 12.6. The molecule has 0 radical (unpaired) electrons. The monoisotopic (exact) mass is 336 g/mol. The van der Waals surface area contributed by atoms with Gasteiger partial charge in [-0.15, -0.1) is 0 Å². The maximum absolute atomic E-state index is 12.6. The number of hydrogen-bond donors (Lipinski definition) is 1. The highest BCUT2D eigenvalue weighted by Gasteiger charge is 2.40. The lowest BCUT2D eigenvalue weighted by Crippen LogP contribution is -2.52. The molecule has 1 fully saturated rings. The summed E-state index contributed by atoms with van der Waals surface area (Å²) in [5.74, 6) is -1.12. The van der Waals surface area contributed by atoms with Crippen molar-refractivity contribution >= 4 is 27.6 Å². The Labute approximate surface area is 133 Å². The van der Waals surface area contributed by atoms with E-state index in [9.17, 15) is 22.8 Å². The third-order valence-electron chi connectivity index (χ3n) is 4.22. The minimum atomic E-state index is -3.38. The van der Waals surface area contributed by atoms with Crippen molar-refractivity contribution in [2.75, 3.05) is 6.26 Å². The van der Waals surface area contributed by atoms with E-state index in [1.165, 1.54) is 17.0 Å². The van der Waals surface area contributed by atoms with Crippen LogP contribution in [0.2, 0.25) is 0 Å². The first kappa shape index (κ1) is 15.7. The van der Waals surface area contributed by atoms with Gasteiger partial charge >= 0.3 is 0 Å². The third-order valence-corrected chi connectivity index (χ3v) is 5.31. The van der Waals surface area contributed by atoms with Crippen molar-refractivity contribution in [2.45, 2.75) is 37.2 Å². The summed E-state index contributed by atoms with van der Waals surface area (Å²) in [5.41, 5.74) is 1.62. The van der Waals surface area contributed by atoms with Crippen LogP contribution in [-0.4, -0.2) is 43.3 Å². The van der Waals surface area contributed by atoms with Gasteiger partial charge in [-0.1, -0.05) is 0 Å². The molecule has 7 nitrogen and oxygen atoms in total. The molecule has 0 aromatic heterocycles. The number of fused-ring (bicyclic) bond motifs is 1. The van der Waals surface area contributed by atoms with Crippen molar-refractivity contribution in [1.29, 1.82) is 0 Å². The highest BCUT2D eigenvalue weighted by Crippen LogP contribution is 2.31. The summed E-state index contributed by atoms with van der Waals surface area (Å²) < 4.78 is 23.5. The van der Waals surface area contributed by atoms with Crippen molar-refractivity contribution in [3.63, 3.8) is 0 Å². The van der Waals surface area contributed by atoms with Gasteiger partial charge in [-0.25, -0.2) is 8.42 Å². The predicted octanol–water partition coefficient (Wildman–Crippen LogP) is 0.160. The maximum Gasteiger partial charge on any atom is 0.255 e. The van der Waals surface area contributed by atoms with E-state index in [0.717, 1.165) is 6.26 Å². The number of nitrogens with zero attached hydrogens (tertiary/aromatic N) is 1. The summed E-state index contributed by atoms with van der Waals surface area (Å²) in [6.07, 6.45) is 1.58. The largest absolute Gasteiger partial charge is 0.322 e. The van der Waals surface area contributed by atoms with Crippen molar-refractivity contribution in [3.05, 3.63) is 28.8 Å². The van der Waals surface area contributed by atoms with Crippen LogP contribution in [0.3, 0.4) is 0 Å². The molecule has 0 bridgehead atoms. The molecule has 122 valence electrons. The average Bonchev–Trinajstić information content (AvgIpc) is 2.75. The second-order valence-corrected chi connectivity index (χ2v) is 7.96. The summed E-state index contributed by atoms with van der Waals surface area (Å²) >= 11 is 0. The zero-order valence-electron chi connectivity index (χ0n) is 12.8. The molecule has 3 rings (SSSR count). The molecule has 3 amide bonds. The summed E-state index contributed by atoms with van der Waals surface area (Å²) in [6.45, 7) is 1.85. The van der Waals surface area contributed by atoms with E-state index < -0.39 is 21.8 Å². The average molecular weight is 336 g/mol. The van der Waals surface area contributed by atoms with Gasteiger partial charge in [0, 0.05) is 24.8 Å². The lowest BCUT2D eigenvalue weighted by molar-refractivity contribution is -0.136. The van der Waals surface area contributed by atoms with Crippen LogP contribution in [-0.2, 0) is 26.0 Å². The molecule has 23 heavy (non-hydrogen) atoms. The fourth-order valence-electron chi connectivity index (χ4n) is 3.10. The van der Waals surface area contributed by atoms with E-state index in [4.69, 9.17) is 0 Å². The van der Waals surface area contributed by atoms with Gasteiger partial charge in [-0.2, -0.15) is 0 Å². The fraction of sp³-hybridized carbons (Fsp3) is 0.400. The van der Waals surface area contributed by atoms with Crippen molar-refractivity contribution in [2.24, 2.45) is 0 Å². The van der Waals surface area contributed by atoms with E-state index in [2.05, 4.69) is 5.32 Å². The molecule has 0 saturated carbocycles. The molecule has 1 unspecified atom stereocenters. The molecule has 1 aromatic rings. The van der Waals surface area contributed by atoms with Crippen LogP contribution in [0.5, 0.6) is 0 Å². The Morgan fingerprint density at radius 3 is 2.52 bits per heavy atom. The van der Waals surface area contributed by atoms with Crippen LogP contribution in [0.1, 0.15) is 34.3 Å². The van der Waals surface area contributed by atoms with E-state index >= 15 is 0 Å². The number of nitrogens with one attached hydrogen (secondary N) is 1. The van der Waals surface area contributed by atoms with Crippen molar-refractivity contribution in [3.8, 4) is 0 Å².